The molecule has 1 unspecified atom stereocenters. The monoisotopic (exact) mass is 312 g/mol. The third-order valence-electron chi connectivity index (χ3n) is 3.75. The Morgan fingerprint density at radius 3 is 2.60 bits per heavy atom. The lowest BCUT2D eigenvalue weighted by molar-refractivity contribution is -0.0953. The van der Waals surface area contributed by atoms with Gasteiger partial charge < -0.3 is 5.32 Å². The van der Waals surface area contributed by atoms with Crippen LogP contribution in [-0.4, -0.2) is 50.3 Å². The molecule has 2 heterocycles. The van der Waals surface area contributed by atoms with E-state index >= 15 is 0 Å². The topological polar surface area (TPSA) is 49.4 Å². The minimum Gasteiger partial charge on any atom is -0.313 e. The van der Waals surface area contributed by atoms with Gasteiger partial charge in [0.2, 0.25) is 10.0 Å². The molecular weight excluding hydrogens is 293 g/mol. The fourth-order valence-corrected chi connectivity index (χ4v) is 4.26. The number of nitrogens with zero attached hydrogens (tertiary/aromatic N) is 1. The van der Waals surface area contributed by atoms with Crippen LogP contribution in [-0.2, 0) is 10.0 Å². The molecule has 116 valence electrons. The van der Waals surface area contributed by atoms with Crippen molar-refractivity contribution in [3.63, 3.8) is 0 Å². The molecule has 4 nitrogen and oxygen atoms in total. The van der Waals surface area contributed by atoms with Gasteiger partial charge in [0.15, 0.2) is 0 Å². The van der Waals surface area contributed by atoms with Gasteiger partial charge in [0.05, 0.1) is 5.75 Å². The predicted octanol–water partition coefficient (Wildman–Crippen LogP) is 1.65. The maximum atomic E-state index is 12.5. The second-order valence-electron chi connectivity index (χ2n) is 5.26. The number of alkyl halides is 3. The molecule has 8 heteroatoms. The number of halogens is 3. The quantitative estimate of drug-likeness (QED) is 0.806. The standard InChI is InChI=1S/C12H19F3N2O2S/c13-12(14,15)10-4-7-17(8-5-10)20(18,19)9-11-3-1-2-6-16-11/h4,11,16H,1-3,5-9H2. The van der Waals surface area contributed by atoms with Crippen LogP contribution in [0.1, 0.15) is 25.7 Å². The molecule has 0 aromatic heterocycles. The Bertz CT molecular complexity index is 468. The van der Waals surface area contributed by atoms with Crippen molar-refractivity contribution in [2.45, 2.75) is 37.9 Å². The number of hydrogen-bond acceptors (Lipinski definition) is 3. The molecule has 0 bridgehead atoms. The summed E-state index contributed by atoms with van der Waals surface area (Å²) >= 11 is 0. The Morgan fingerprint density at radius 1 is 1.35 bits per heavy atom. The van der Waals surface area contributed by atoms with E-state index in [0.29, 0.717) is 0 Å². The van der Waals surface area contributed by atoms with E-state index in [1.807, 2.05) is 0 Å². The number of piperidine rings is 1. The van der Waals surface area contributed by atoms with E-state index in [1.165, 1.54) is 0 Å². The minimum absolute atomic E-state index is 0.0256. The lowest BCUT2D eigenvalue weighted by atomic mass is 10.1. The average Bonchev–Trinajstić information content (AvgIpc) is 2.38. The summed E-state index contributed by atoms with van der Waals surface area (Å²) in [6, 6.07) is -0.0817. The van der Waals surface area contributed by atoms with Gasteiger partial charge in [-0.3, -0.25) is 0 Å². The van der Waals surface area contributed by atoms with E-state index in [1.54, 1.807) is 0 Å². The van der Waals surface area contributed by atoms with E-state index in [4.69, 9.17) is 0 Å². The fourth-order valence-electron chi connectivity index (χ4n) is 2.59. The minimum atomic E-state index is -4.35. The summed E-state index contributed by atoms with van der Waals surface area (Å²) in [5.74, 6) is -0.0256. The first-order valence-corrected chi connectivity index (χ1v) is 8.37. The van der Waals surface area contributed by atoms with Crippen LogP contribution in [0.3, 0.4) is 0 Å². The summed E-state index contributed by atoms with van der Waals surface area (Å²) in [5.41, 5.74) is -0.625. The van der Waals surface area contributed by atoms with Crippen molar-refractivity contribution in [2.75, 3.05) is 25.4 Å². The van der Waals surface area contributed by atoms with Gasteiger partial charge in [-0.15, -0.1) is 0 Å². The molecule has 2 aliphatic rings. The maximum absolute atomic E-state index is 12.5. The molecule has 1 atom stereocenters. The van der Waals surface area contributed by atoms with Crippen LogP contribution in [0.25, 0.3) is 0 Å². The van der Waals surface area contributed by atoms with Crippen LogP contribution in [0.5, 0.6) is 0 Å². The van der Waals surface area contributed by atoms with Crippen molar-refractivity contribution in [1.29, 1.82) is 0 Å². The average molecular weight is 312 g/mol. The Balaban J connectivity index is 1.96. The first-order valence-electron chi connectivity index (χ1n) is 6.76. The highest BCUT2D eigenvalue weighted by Crippen LogP contribution is 2.30. The van der Waals surface area contributed by atoms with Crippen molar-refractivity contribution in [3.05, 3.63) is 11.6 Å². The van der Waals surface area contributed by atoms with Gasteiger partial charge in [-0.05, 0) is 25.8 Å². The summed E-state index contributed by atoms with van der Waals surface area (Å²) in [4.78, 5) is 0. The van der Waals surface area contributed by atoms with E-state index < -0.39 is 21.8 Å². The largest absolute Gasteiger partial charge is 0.412 e. The van der Waals surface area contributed by atoms with Crippen LogP contribution in [0.15, 0.2) is 11.6 Å². The molecule has 0 aromatic rings. The highest BCUT2D eigenvalue weighted by molar-refractivity contribution is 7.89. The summed E-state index contributed by atoms with van der Waals surface area (Å²) in [7, 11) is -3.49. The summed E-state index contributed by atoms with van der Waals surface area (Å²) in [5, 5.41) is 3.15. The summed E-state index contributed by atoms with van der Waals surface area (Å²) in [6.45, 7) is 0.544. The van der Waals surface area contributed by atoms with Gasteiger partial charge in [0.1, 0.15) is 0 Å². The Morgan fingerprint density at radius 2 is 2.10 bits per heavy atom. The van der Waals surface area contributed by atoms with Crippen LogP contribution in [0.4, 0.5) is 13.2 Å². The Labute approximate surface area is 117 Å². The summed E-state index contributed by atoms with van der Waals surface area (Å²) in [6.07, 6.45) is -0.795. The Hall–Kier alpha value is -0.600. The van der Waals surface area contributed by atoms with Gasteiger partial charge >= 0.3 is 6.18 Å². The zero-order valence-electron chi connectivity index (χ0n) is 11.1. The lowest BCUT2D eigenvalue weighted by Gasteiger charge is -2.29. The fraction of sp³-hybridized carbons (Fsp3) is 0.833. The molecule has 2 aliphatic heterocycles. The molecular formula is C12H19F3N2O2S. The predicted molar refractivity (Wildman–Crippen MR) is 69.8 cm³/mol. The molecule has 0 aliphatic carbocycles. The molecule has 1 saturated heterocycles. The third-order valence-corrected chi connectivity index (χ3v) is 5.70. The number of sulfonamides is 1. The molecule has 1 fully saturated rings. The first-order chi connectivity index (χ1) is 9.29. The lowest BCUT2D eigenvalue weighted by Crippen LogP contribution is -2.45. The summed E-state index contributed by atoms with van der Waals surface area (Å²) < 4.78 is 63.0. The number of hydrogen-bond donors (Lipinski definition) is 1. The maximum Gasteiger partial charge on any atom is 0.412 e. The van der Waals surface area contributed by atoms with Gasteiger partial charge in [0.25, 0.3) is 0 Å². The normalized spacial score (nSPS) is 26.4. The zero-order valence-corrected chi connectivity index (χ0v) is 11.9. The van der Waals surface area contributed by atoms with Gasteiger partial charge in [-0.2, -0.15) is 17.5 Å². The van der Waals surface area contributed by atoms with Crippen molar-refractivity contribution >= 4 is 10.0 Å². The van der Waals surface area contributed by atoms with Gasteiger partial charge in [-0.25, -0.2) is 8.42 Å². The van der Waals surface area contributed by atoms with Gasteiger partial charge in [0, 0.05) is 24.7 Å². The smallest absolute Gasteiger partial charge is 0.313 e. The number of rotatable bonds is 3. The molecule has 0 radical (unpaired) electrons. The van der Waals surface area contributed by atoms with Crippen molar-refractivity contribution in [2.24, 2.45) is 0 Å². The Kier molecular flexibility index (Phi) is 4.76. The van der Waals surface area contributed by atoms with E-state index in [-0.39, 0.29) is 31.3 Å². The highest BCUT2D eigenvalue weighted by atomic mass is 32.2. The van der Waals surface area contributed by atoms with Crippen molar-refractivity contribution < 1.29 is 21.6 Å². The van der Waals surface area contributed by atoms with Crippen molar-refractivity contribution in [1.82, 2.24) is 9.62 Å². The molecule has 2 rings (SSSR count). The molecule has 0 aromatic carbocycles. The van der Waals surface area contributed by atoms with Crippen LogP contribution in [0, 0.1) is 0 Å². The molecule has 1 N–H and O–H groups in total. The van der Waals surface area contributed by atoms with E-state index in [9.17, 15) is 21.6 Å². The molecule has 0 amide bonds. The van der Waals surface area contributed by atoms with Crippen molar-refractivity contribution in [3.8, 4) is 0 Å². The highest BCUT2D eigenvalue weighted by Gasteiger charge is 2.37. The number of nitrogens with one attached hydrogen (secondary N) is 1. The molecule has 0 spiro atoms. The molecule has 20 heavy (non-hydrogen) atoms. The zero-order chi connectivity index (χ0) is 14.8. The molecule has 0 saturated carbocycles. The van der Waals surface area contributed by atoms with Gasteiger partial charge in [-0.1, -0.05) is 12.5 Å². The van der Waals surface area contributed by atoms with E-state index in [2.05, 4.69) is 5.32 Å². The first kappa shape index (κ1) is 15.8. The second-order valence-corrected chi connectivity index (χ2v) is 7.27. The third kappa shape index (κ3) is 3.95. The van der Waals surface area contributed by atoms with Crippen LogP contribution < -0.4 is 5.32 Å². The SMILES string of the molecule is O=S(=O)(CC1CCCCN1)N1CC=C(C(F)(F)F)CC1. The van der Waals surface area contributed by atoms with Crippen LogP contribution >= 0.6 is 0 Å². The van der Waals surface area contributed by atoms with Crippen LogP contribution in [0.2, 0.25) is 0 Å². The van der Waals surface area contributed by atoms with E-state index in [0.717, 1.165) is 36.2 Å². The second kappa shape index (κ2) is 6.03.